The van der Waals surface area contributed by atoms with Crippen molar-refractivity contribution in [3.05, 3.63) is 82.2 Å². The van der Waals surface area contributed by atoms with E-state index in [0.29, 0.717) is 11.5 Å². The number of amides is 1. The smallest absolute Gasteiger partial charge is 0.255 e. The van der Waals surface area contributed by atoms with Gasteiger partial charge in [-0.2, -0.15) is 10.1 Å². The maximum absolute atomic E-state index is 13.1. The Labute approximate surface area is 159 Å². The lowest BCUT2D eigenvalue weighted by molar-refractivity contribution is -0.113. The molecular formula is C19H16BrN5O. The van der Waals surface area contributed by atoms with E-state index in [9.17, 15) is 4.79 Å². The van der Waals surface area contributed by atoms with Crippen LogP contribution in [0.4, 0.5) is 11.6 Å². The molecule has 1 aliphatic heterocycles. The highest BCUT2D eigenvalue weighted by molar-refractivity contribution is 9.10. The first kappa shape index (κ1) is 16.5. The average Bonchev–Trinajstić information content (AvgIpc) is 3.09. The first-order chi connectivity index (χ1) is 12.6. The largest absolute Gasteiger partial charge is 0.328 e. The van der Waals surface area contributed by atoms with Gasteiger partial charge in [0.25, 0.3) is 5.91 Å². The summed E-state index contributed by atoms with van der Waals surface area (Å²) in [4.78, 5) is 17.3. The Kier molecular flexibility index (Phi) is 4.30. The lowest BCUT2D eigenvalue weighted by Crippen LogP contribution is -2.31. The second-order valence-corrected chi connectivity index (χ2v) is 6.89. The van der Waals surface area contributed by atoms with Crippen LogP contribution in [-0.2, 0) is 4.79 Å². The van der Waals surface area contributed by atoms with Crippen molar-refractivity contribution in [3.63, 3.8) is 0 Å². The number of nitrogens with one attached hydrogen (secondary N) is 2. The van der Waals surface area contributed by atoms with Gasteiger partial charge < -0.3 is 10.6 Å². The fourth-order valence-electron chi connectivity index (χ4n) is 3.09. The number of para-hydroxylation sites is 1. The normalized spacial score (nSPS) is 16.0. The quantitative estimate of drug-likeness (QED) is 0.686. The van der Waals surface area contributed by atoms with Gasteiger partial charge in [-0.15, -0.1) is 0 Å². The number of anilines is 2. The molecule has 0 radical (unpaired) electrons. The molecule has 2 heterocycles. The van der Waals surface area contributed by atoms with Crippen molar-refractivity contribution < 1.29 is 4.79 Å². The van der Waals surface area contributed by atoms with E-state index < -0.39 is 0 Å². The first-order valence-electron chi connectivity index (χ1n) is 8.12. The van der Waals surface area contributed by atoms with Gasteiger partial charge in [-0.3, -0.25) is 4.79 Å². The molecule has 0 saturated heterocycles. The number of halogens is 1. The summed E-state index contributed by atoms with van der Waals surface area (Å²) in [5.41, 5.74) is 3.05. The van der Waals surface area contributed by atoms with Crippen LogP contribution in [0.3, 0.4) is 0 Å². The summed E-state index contributed by atoms with van der Waals surface area (Å²) >= 11 is 3.51. The maximum atomic E-state index is 13.1. The predicted octanol–water partition coefficient (Wildman–Crippen LogP) is 3.97. The molecule has 7 heteroatoms. The van der Waals surface area contributed by atoms with Crippen molar-refractivity contribution in [2.75, 3.05) is 10.6 Å². The van der Waals surface area contributed by atoms with Crippen molar-refractivity contribution in [1.29, 1.82) is 0 Å². The van der Waals surface area contributed by atoms with Gasteiger partial charge in [0.1, 0.15) is 12.4 Å². The predicted molar refractivity (Wildman–Crippen MR) is 104 cm³/mol. The Morgan fingerprint density at radius 3 is 2.77 bits per heavy atom. The molecule has 0 fully saturated rings. The third-order valence-corrected chi connectivity index (χ3v) is 4.73. The Bertz CT molecular complexity index is 996. The standard InChI is InChI=1S/C19H16BrN5O/c1-12-16(18(26)24-15-8-3-2-4-9-15)17(13-6-5-7-14(20)10-13)25-19(23-12)21-11-22-25/h2-11,17H,1H3,(H,24,26)(H,21,22,23)/t17-/m1/s1. The number of allylic oxidation sites excluding steroid dienone is 1. The molecule has 26 heavy (non-hydrogen) atoms. The van der Waals surface area contributed by atoms with E-state index in [2.05, 4.69) is 36.6 Å². The highest BCUT2D eigenvalue weighted by Crippen LogP contribution is 2.35. The van der Waals surface area contributed by atoms with Crippen LogP contribution in [0.25, 0.3) is 0 Å². The summed E-state index contributed by atoms with van der Waals surface area (Å²) < 4.78 is 2.67. The van der Waals surface area contributed by atoms with Crippen LogP contribution in [0.2, 0.25) is 0 Å². The molecule has 1 amide bonds. The molecule has 0 saturated carbocycles. The van der Waals surface area contributed by atoms with Crippen LogP contribution < -0.4 is 10.6 Å². The molecule has 3 aromatic rings. The molecule has 0 bridgehead atoms. The molecule has 0 aliphatic carbocycles. The van der Waals surface area contributed by atoms with E-state index in [1.807, 2.05) is 61.5 Å². The molecule has 1 atom stereocenters. The van der Waals surface area contributed by atoms with Gasteiger partial charge in [-0.25, -0.2) is 4.68 Å². The zero-order valence-electron chi connectivity index (χ0n) is 14.0. The molecule has 2 N–H and O–H groups in total. The minimum absolute atomic E-state index is 0.174. The molecule has 1 aromatic heterocycles. The number of benzene rings is 2. The van der Waals surface area contributed by atoms with Gasteiger partial charge in [0, 0.05) is 15.9 Å². The second-order valence-electron chi connectivity index (χ2n) is 5.97. The highest BCUT2D eigenvalue weighted by atomic mass is 79.9. The second kappa shape index (κ2) is 6.76. The van der Waals surface area contributed by atoms with Gasteiger partial charge >= 0.3 is 0 Å². The minimum Gasteiger partial charge on any atom is -0.328 e. The van der Waals surface area contributed by atoms with Crippen molar-refractivity contribution in [3.8, 4) is 0 Å². The summed E-state index contributed by atoms with van der Waals surface area (Å²) in [6.07, 6.45) is 1.48. The monoisotopic (exact) mass is 409 g/mol. The van der Waals surface area contributed by atoms with E-state index >= 15 is 0 Å². The fourth-order valence-corrected chi connectivity index (χ4v) is 3.51. The van der Waals surface area contributed by atoms with E-state index in [1.54, 1.807) is 4.68 Å². The number of aromatic nitrogens is 3. The van der Waals surface area contributed by atoms with Crippen molar-refractivity contribution in [2.45, 2.75) is 13.0 Å². The molecule has 4 rings (SSSR count). The van der Waals surface area contributed by atoms with Crippen LogP contribution in [0.1, 0.15) is 18.5 Å². The molecular weight excluding hydrogens is 394 g/mol. The zero-order valence-corrected chi connectivity index (χ0v) is 15.6. The molecule has 2 aromatic carbocycles. The minimum atomic E-state index is -0.366. The van der Waals surface area contributed by atoms with Gasteiger partial charge in [-0.1, -0.05) is 46.3 Å². The third-order valence-electron chi connectivity index (χ3n) is 4.24. The summed E-state index contributed by atoms with van der Waals surface area (Å²) in [5.74, 6) is 0.441. The van der Waals surface area contributed by atoms with Crippen LogP contribution in [0, 0.1) is 0 Å². The van der Waals surface area contributed by atoms with Crippen molar-refractivity contribution in [1.82, 2.24) is 14.8 Å². The van der Waals surface area contributed by atoms with E-state index in [0.717, 1.165) is 21.4 Å². The van der Waals surface area contributed by atoms with Crippen molar-refractivity contribution in [2.24, 2.45) is 0 Å². The summed E-state index contributed by atoms with van der Waals surface area (Å²) in [5, 5.41) is 10.5. The van der Waals surface area contributed by atoms with Gasteiger partial charge in [0.05, 0.1) is 5.57 Å². The lowest BCUT2D eigenvalue weighted by Gasteiger charge is -2.28. The highest BCUT2D eigenvalue weighted by Gasteiger charge is 2.33. The molecule has 6 nitrogen and oxygen atoms in total. The molecule has 130 valence electrons. The number of nitrogens with zero attached hydrogens (tertiary/aromatic N) is 3. The number of hydrogen-bond acceptors (Lipinski definition) is 4. The van der Waals surface area contributed by atoms with Gasteiger partial charge in [0.2, 0.25) is 5.95 Å². The summed E-state index contributed by atoms with van der Waals surface area (Å²) in [6.45, 7) is 1.88. The average molecular weight is 410 g/mol. The fraction of sp³-hybridized carbons (Fsp3) is 0.105. The zero-order chi connectivity index (χ0) is 18.1. The summed E-state index contributed by atoms with van der Waals surface area (Å²) in [7, 11) is 0. The number of rotatable bonds is 3. The number of fused-ring (bicyclic) bond motifs is 1. The van der Waals surface area contributed by atoms with Gasteiger partial charge in [-0.05, 0) is 36.8 Å². The Balaban J connectivity index is 1.78. The molecule has 0 spiro atoms. The first-order valence-corrected chi connectivity index (χ1v) is 8.92. The SMILES string of the molecule is CC1=C(C(=O)Nc2ccccc2)[C@@H](c2cccc(Br)c2)n2ncnc2N1. The maximum Gasteiger partial charge on any atom is 0.255 e. The Morgan fingerprint density at radius 2 is 2.00 bits per heavy atom. The van der Waals surface area contributed by atoms with E-state index in [4.69, 9.17) is 0 Å². The Morgan fingerprint density at radius 1 is 1.19 bits per heavy atom. The topological polar surface area (TPSA) is 71.8 Å². The van der Waals surface area contributed by atoms with Crippen LogP contribution in [0.5, 0.6) is 0 Å². The van der Waals surface area contributed by atoms with Crippen molar-refractivity contribution >= 4 is 33.5 Å². The van der Waals surface area contributed by atoms with Crippen LogP contribution in [0.15, 0.2) is 76.7 Å². The number of carbonyl (C=O) groups excluding carboxylic acids is 1. The Hall–Kier alpha value is -2.93. The number of carbonyl (C=O) groups is 1. The van der Waals surface area contributed by atoms with Crippen LogP contribution in [-0.4, -0.2) is 20.7 Å². The molecule has 0 unspecified atom stereocenters. The van der Waals surface area contributed by atoms with Crippen LogP contribution >= 0.6 is 15.9 Å². The lowest BCUT2D eigenvalue weighted by atomic mass is 9.95. The third kappa shape index (κ3) is 3.01. The molecule has 1 aliphatic rings. The summed E-state index contributed by atoms with van der Waals surface area (Å²) in [6, 6.07) is 16.9. The van der Waals surface area contributed by atoms with E-state index in [1.165, 1.54) is 6.33 Å². The number of hydrogen-bond donors (Lipinski definition) is 2. The van der Waals surface area contributed by atoms with Gasteiger partial charge in [0.15, 0.2) is 0 Å². The van der Waals surface area contributed by atoms with E-state index in [-0.39, 0.29) is 11.9 Å².